The van der Waals surface area contributed by atoms with Gasteiger partial charge < -0.3 is 10.2 Å². The minimum atomic E-state index is -0.398. The maximum Gasteiger partial charge on any atom is 0.246 e. The van der Waals surface area contributed by atoms with E-state index in [1.165, 1.54) is 11.3 Å². The lowest BCUT2D eigenvalue weighted by Crippen LogP contribution is -2.62. The van der Waals surface area contributed by atoms with Gasteiger partial charge in [-0.1, -0.05) is 20.8 Å². The fraction of sp³-hybridized carbons (Fsp3) is 0.643. The summed E-state index contributed by atoms with van der Waals surface area (Å²) in [4.78, 5) is 30.7. The van der Waals surface area contributed by atoms with Crippen LogP contribution >= 0.6 is 11.3 Å². The molecular formula is C14H21N3O2S. The molecule has 1 aliphatic rings. The Balaban J connectivity index is 2.18. The van der Waals surface area contributed by atoms with Gasteiger partial charge in [-0.15, -0.1) is 11.3 Å². The van der Waals surface area contributed by atoms with Gasteiger partial charge in [0.1, 0.15) is 17.1 Å². The lowest BCUT2D eigenvalue weighted by atomic mass is 9.97. The van der Waals surface area contributed by atoms with Gasteiger partial charge in [-0.05, 0) is 18.8 Å². The van der Waals surface area contributed by atoms with Crippen LogP contribution in [0.25, 0.3) is 0 Å². The van der Waals surface area contributed by atoms with E-state index in [9.17, 15) is 9.59 Å². The number of nitrogens with zero attached hydrogens (tertiary/aromatic N) is 2. The number of piperazine rings is 1. The molecule has 0 radical (unpaired) electrons. The molecule has 0 aliphatic carbocycles. The van der Waals surface area contributed by atoms with Crippen molar-refractivity contribution in [2.24, 2.45) is 5.92 Å². The summed E-state index contributed by atoms with van der Waals surface area (Å²) in [5.41, 5.74) is 0. The third kappa shape index (κ3) is 3.17. The standard InChI is InChI=1S/C14H21N3O2S/c1-4-11-13(18)16-10(7-9(2)3)14(19)17(11)8-12-15-5-6-20-12/h5-6,9-11H,4,7-8H2,1-3H3,(H,16,18). The molecule has 2 unspecified atom stereocenters. The van der Waals surface area contributed by atoms with Crippen molar-refractivity contribution in [1.29, 1.82) is 0 Å². The monoisotopic (exact) mass is 295 g/mol. The van der Waals surface area contributed by atoms with Crippen molar-refractivity contribution < 1.29 is 9.59 Å². The van der Waals surface area contributed by atoms with Crippen molar-refractivity contribution in [1.82, 2.24) is 15.2 Å². The van der Waals surface area contributed by atoms with Gasteiger partial charge in [0.2, 0.25) is 11.8 Å². The molecule has 2 heterocycles. The van der Waals surface area contributed by atoms with Gasteiger partial charge in [-0.25, -0.2) is 4.98 Å². The van der Waals surface area contributed by atoms with Crippen molar-refractivity contribution in [2.75, 3.05) is 0 Å². The molecule has 5 nitrogen and oxygen atoms in total. The number of thiazole rings is 1. The molecule has 6 heteroatoms. The van der Waals surface area contributed by atoms with Gasteiger partial charge in [0, 0.05) is 11.6 Å². The van der Waals surface area contributed by atoms with E-state index in [2.05, 4.69) is 24.1 Å². The summed E-state index contributed by atoms with van der Waals surface area (Å²) in [5, 5.41) is 5.62. The first kappa shape index (κ1) is 15.0. The third-order valence-electron chi connectivity index (χ3n) is 3.46. The van der Waals surface area contributed by atoms with Crippen molar-refractivity contribution in [3.05, 3.63) is 16.6 Å². The lowest BCUT2D eigenvalue weighted by Gasteiger charge is -2.38. The van der Waals surface area contributed by atoms with Crippen LogP contribution in [0.5, 0.6) is 0 Å². The highest BCUT2D eigenvalue weighted by atomic mass is 32.1. The summed E-state index contributed by atoms with van der Waals surface area (Å²) in [6.45, 7) is 6.46. The number of rotatable bonds is 5. The predicted molar refractivity (Wildman–Crippen MR) is 78.1 cm³/mol. The van der Waals surface area contributed by atoms with Crippen molar-refractivity contribution in [3.63, 3.8) is 0 Å². The normalized spacial score (nSPS) is 23.3. The Labute approximate surface area is 123 Å². The topological polar surface area (TPSA) is 62.3 Å². The zero-order chi connectivity index (χ0) is 14.7. The quantitative estimate of drug-likeness (QED) is 0.901. The Morgan fingerprint density at radius 2 is 2.20 bits per heavy atom. The smallest absolute Gasteiger partial charge is 0.246 e. The second-order valence-corrected chi connectivity index (χ2v) is 6.49. The number of nitrogens with one attached hydrogen (secondary N) is 1. The molecule has 2 amide bonds. The predicted octanol–water partition coefficient (Wildman–Crippen LogP) is 1.79. The Kier molecular flexibility index (Phi) is 4.75. The average Bonchev–Trinajstić information content (AvgIpc) is 2.88. The molecule has 2 rings (SSSR count). The van der Waals surface area contributed by atoms with Crippen LogP contribution in [-0.2, 0) is 16.1 Å². The van der Waals surface area contributed by atoms with E-state index in [0.29, 0.717) is 25.3 Å². The van der Waals surface area contributed by atoms with Crippen LogP contribution in [0.15, 0.2) is 11.6 Å². The summed E-state index contributed by atoms with van der Waals surface area (Å²) in [6, 6.07) is -0.778. The van der Waals surface area contributed by atoms with Gasteiger partial charge in [-0.2, -0.15) is 0 Å². The molecule has 2 atom stereocenters. The Morgan fingerprint density at radius 3 is 2.75 bits per heavy atom. The number of hydrogen-bond acceptors (Lipinski definition) is 4. The van der Waals surface area contributed by atoms with Gasteiger partial charge in [-0.3, -0.25) is 9.59 Å². The highest BCUT2D eigenvalue weighted by Gasteiger charge is 2.39. The van der Waals surface area contributed by atoms with Crippen molar-refractivity contribution >= 4 is 23.2 Å². The summed E-state index contributed by atoms with van der Waals surface area (Å²) in [5.74, 6) is 0.332. The van der Waals surface area contributed by atoms with E-state index >= 15 is 0 Å². The maximum atomic E-state index is 12.6. The van der Waals surface area contributed by atoms with Crippen molar-refractivity contribution in [2.45, 2.75) is 52.2 Å². The lowest BCUT2D eigenvalue weighted by molar-refractivity contribution is -0.150. The molecule has 1 aromatic rings. The largest absolute Gasteiger partial charge is 0.342 e. The molecule has 0 saturated carbocycles. The number of carbonyl (C=O) groups is 2. The molecule has 110 valence electrons. The molecule has 20 heavy (non-hydrogen) atoms. The first-order valence-corrected chi connectivity index (χ1v) is 7.90. The summed E-state index contributed by atoms with van der Waals surface area (Å²) in [7, 11) is 0. The van der Waals surface area contributed by atoms with E-state index in [1.54, 1.807) is 11.1 Å². The molecule has 1 N–H and O–H groups in total. The highest BCUT2D eigenvalue weighted by molar-refractivity contribution is 7.09. The minimum Gasteiger partial charge on any atom is -0.342 e. The molecular weight excluding hydrogens is 274 g/mol. The van der Waals surface area contributed by atoms with Gasteiger partial charge in [0.15, 0.2) is 0 Å². The Morgan fingerprint density at radius 1 is 1.45 bits per heavy atom. The van der Waals surface area contributed by atoms with Crippen LogP contribution in [0, 0.1) is 5.92 Å². The van der Waals surface area contributed by atoms with Gasteiger partial charge in [0.25, 0.3) is 0 Å². The zero-order valence-electron chi connectivity index (χ0n) is 12.1. The molecule has 1 aromatic heterocycles. The summed E-state index contributed by atoms with van der Waals surface area (Å²) in [6.07, 6.45) is 3.02. The maximum absolute atomic E-state index is 12.6. The SMILES string of the molecule is CCC1C(=O)NC(CC(C)C)C(=O)N1Cc1nccs1. The zero-order valence-corrected chi connectivity index (χ0v) is 12.9. The van der Waals surface area contributed by atoms with E-state index in [-0.39, 0.29) is 17.9 Å². The molecule has 1 saturated heterocycles. The summed E-state index contributed by atoms with van der Waals surface area (Å²) >= 11 is 1.51. The van der Waals surface area contributed by atoms with Crippen LogP contribution in [0.4, 0.5) is 0 Å². The molecule has 0 bridgehead atoms. The molecule has 1 aliphatic heterocycles. The van der Waals surface area contributed by atoms with Crippen LogP contribution < -0.4 is 5.32 Å². The fourth-order valence-electron chi connectivity index (χ4n) is 2.53. The first-order valence-electron chi connectivity index (χ1n) is 7.02. The second-order valence-electron chi connectivity index (χ2n) is 5.51. The van der Waals surface area contributed by atoms with E-state index in [0.717, 1.165) is 5.01 Å². The Hall–Kier alpha value is -1.43. The number of amides is 2. The van der Waals surface area contributed by atoms with Crippen LogP contribution in [0.2, 0.25) is 0 Å². The fourth-order valence-corrected chi connectivity index (χ4v) is 3.14. The van der Waals surface area contributed by atoms with Crippen LogP contribution in [0.3, 0.4) is 0 Å². The number of aromatic nitrogens is 1. The first-order chi connectivity index (χ1) is 9.52. The average molecular weight is 295 g/mol. The molecule has 0 aromatic carbocycles. The van der Waals surface area contributed by atoms with Gasteiger partial charge in [0.05, 0.1) is 6.54 Å². The van der Waals surface area contributed by atoms with E-state index < -0.39 is 6.04 Å². The second kappa shape index (κ2) is 6.35. The van der Waals surface area contributed by atoms with E-state index in [4.69, 9.17) is 0 Å². The van der Waals surface area contributed by atoms with Crippen LogP contribution in [-0.4, -0.2) is 33.8 Å². The molecule has 1 fully saturated rings. The van der Waals surface area contributed by atoms with Crippen molar-refractivity contribution in [3.8, 4) is 0 Å². The highest BCUT2D eigenvalue weighted by Crippen LogP contribution is 2.20. The molecule has 0 spiro atoms. The number of carbonyl (C=O) groups excluding carboxylic acids is 2. The van der Waals surface area contributed by atoms with Crippen LogP contribution in [0.1, 0.15) is 38.6 Å². The minimum absolute atomic E-state index is 0.0142. The van der Waals surface area contributed by atoms with Gasteiger partial charge >= 0.3 is 0 Å². The summed E-state index contributed by atoms with van der Waals surface area (Å²) < 4.78 is 0. The van der Waals surface area contributed by atoms with E-state index in [1.807, 2.05) is 12.3 Å². The number of hydrogen-bond donors (Lipinski definition) is 1. The Bertz CT molecular complexity index is 473. The third-order valence-corrected chi connectivity index (χ3v) is 4.22.